The van der Waals surface area contributed by atoms with E-state index < -0.39 is 28.5 Å². The number of allylic oxidation sites excluding steroid dienone is 1. The van der Waals surface area contributed by atoms with Crippen molar-refractivity contribution in [3.05, 3.63) is 82.6 Å². The highest BCUT2D eigenvalue weighted by Gasteiger charge is 2.72. The number of aromatic nitrogens is 1. The van der Waals surface area contributed by atoms with Gasteiger partial charge in [-0.3, -0.25) is 14.6 Å². The Morgan fingerprint density at radius 2 is 1.88 bits per heavy atom. The van der Waals surface area contributed by atoms with Crippen LogP contribution in [0.5, 0.6) is 5.75 Å². The number of rotatable bonds is 6. The Hall–Kier alpha value is -3.63. The van der Waals surface area contributed by atoms with Gasteiger partial charge < -0.3 is 29.6 Å². The lowest BCUT2D eigenvalue weighted by molar-refractivity contribution is -0.146. The molecule has 2 aromatic carbocycles. The van der Waals surface area contributed by atoms with Crippen LogP contribution in [0, 0.1) is 5.41 Å². The third kappa shape index (κ3) is 4.18. The van der Waals surface area contributed by atoms with E-state index >= 15 is 0 Å². The normalized spacial score (nSPS) is 34.6. The van der Waals surface area contributed by atoms with Crippen LogP contribution in [0.15, 0.2) is 60.2 Å². The van der Waals surface area contributed by atoms with Gasteiger partial charge in [0.05, 0.1) is 26.4 Å². The zero-order valence-electron chi connectivity index (χ0n) is 30.3. The fourth-order valence-electron chi connectivity index (χ4n) is 11.2. The topological polar surface area (TPSA) is 101 Å². The van der Waals surface area contributed by atoms with Crippen LogP contribution in [-0.4, -0.2) is 103 Å². The fourth-order valence-corrected chi connectivity index (χ4v) is 11.2. The number of benzene rings is 2. The van der Waals surface area contributed by atoms with E-state index in [1.165, 1.54) is 12.7 Å². The first kappa shape index (κ1) is 33.5. The first-order valence-electron chi connectivity index (χ1n) is 18.5. The van der Waals surface area contributed by atoms with Gasteiger partial charge in [-0.05, 0) is 62.0 Å². The molecule has 5 heterocycles. The molecule has 5 aliphatic rings. The van der Waals surface area contributed by atoms with E-state index in [-0.39, 0.29) is 18.1 Å². The Balaban J connectivity index is 1.45. The van der Waals surface area contributed by atoms with Crippen LogP contribution in [-0.2, 0) is 26.9 Å². The van der Waals surface area contributed by atoms with Crippen LogP contribution in [0.25, 0.3) is 10.9 Å². The van der Waals surface area contributed by atoms with Gasteiger partial charge in [-0.15, -0.1) is 0 Å². The van der Waals surface area contributed by atoms with Crippen molar-refractivity contribution in [3.63, 3.8) is 0 Å². The van der Waals surface area contributed by atoms with Crippen molar-refractivity contribution in [2.24, 2.45) is 5.41 Å². The zero-order chi connectivity index (χ0) is 35.2. The monoisotopic (exact) mass is 680 g/mol. The summed E-state index contributed by atoms with van der Waals surface area (Å²) in [6, 6.07) is 12.3. The molecule has 5 unspecified atom stereocenters. The summed E-state index contributed by atoms with van der Waals surface area (Å²) in [4.78, 5) is 25.8. The Morgan fingerprint density at radius 1 is 1.08 bits per heavy atom. The number of ether oxygens (including phenoxy) is 2. The number of H-pyrrole nitrogens is 1. The Labute approximate surface area is 295 Å². The second-order valence-corrected chi connectivity index (χ2v) is 15.3. The number of nitrogens with one attached hydrogen (secondary N) is 1. The largest absolute Gasteiger partial charge is 0.496 e. The molecule has 1 aliphatic carbocycles. The number of aromatic amines is 1. The fraction of sp³-hybridized carbons (Fsp3) is 0.537. The first-order valence-corrected chi connectivity index (χ1v) is 18.5. The van der Waals surface area contributed by atoms with Gasteiger partial charge in [0.1, 0.15) is 17.3 Å². The predicted molar refractivity (Wildman–Crippen MR) is 196 cm³/mol. The Morgan fingerprint density at radius 3 is 2.60 bits per heavy atom. The quantitative estimate of drug-likeness (QED) is 0.246. The number of hydrogen-bond acceptors (Lipinski definition) is 8. The van der Waals surface area contributed by atoms with Gasteiger partial charge in [-0.1, -0.05) is 62.8 Å². The molecular weight excluding hydrogens is 628 g/mol. The minimum absolute atomic E-state index is 0.0127. The molecule has 3 N–H and O–H groups in total. The lowest BCUT2D eigenvalue weighted by Gasteiger charge is -2.60. The number of esters is 1. The van der Waals surface area contributed by atoms with Crippen LogP contribution in [0.3, 0.4) is 0 Å². The summed E-state index contributed by atoms with van der Waals surface area (Å²) in [5, 5.41) is 25.1. The van der Waals surface area contributed by atoms with Crippen LogP contribution in [0.4, 0.5) is 5.69 Å². The molecule has 2 fully saturated rings. The number of carbonyl (C=O) groups excluding carboxylic acids is 1. The zero-order valence-corrected chi connectivity index (χ0v) is 30.3. The highest BCUT2D eigenvalue weighted by atomic mass is 16.5. The predicted octanol–water partition coefficient (Wildman–Crippen LogP) is 5.03. The third-order valence-electron chi connectivity index (χ3n) is 13.5. The highest BCUT2D eigenvalue weighted by molar-refractivity contribution is 5.94. The summed E-state index contributed by atoms with van der Waals surface area (Å²) >= 11 is 0. The van der Waals surface area contributed by atoms with Crippen LogP contribution in [0.1, 0.15) is 68.8 Å². The maximum absolute atomic E-state index is 14.9. The lowest BCUT2D eigenvalue weighted by Crippen LogP contribution is -2.73. The summed E-state index contributed by atoms with van der Waals surface area (Å²) in [6.45, 7) is 10.6. The number of aliphatic hydroxyl groups excluding tert-OH is 2. The number of nitrogens with zero attached hydrogens (tertiary/aromatic N) is 3. The van der Waals surface area contributed by atoms with Crippen molar-refractivity contribution in [3.8, 4) is 5.75 Å². The molecule has 9 nitrogen and oxygen atoms in total. The molecule has 0 bridgehead atoms. The average Bonchev–Trinajstić information content (AvgIpc) is 3.80. The number of para-hydroxylation sites is 1. The minimum Gasteiger partial charge on any atom is -0.496 e. The maximum atomic E-state index is 14.9. The van der Waals surface area contributed by atoms with Crippen molar-refractivity contribution in [2.75, 3.05) is 52.3 Å². The molecule has 266 valence electrons. The molecule has 1 saturated heterocycles. The molecule has 1 spiro atoms. The Bertz CT molecular complexity index is 1900. The van der Waals surface area contributed by atoms with Crippen molar-refractivity contribution >= 4 is 22.6 Å². The van der Waals surface area contributed by atoms with Gasteiger partial charge in [0, 0.05) is 77.5 Å². The van der Waals surface area contributed by atoms with Crippen LogP contribution >= 0.6 is 0 Å². The van der Waals surface area contributed by atoms with Crippen molar-refractivity contribution < 1.29 is 24.5 Å². The second kappa shape index (κ2) is 12.0. The van der Waals surface area contributed by atoms with E-state index in [4.69, 9.17) is 9.47 Å². The molecule has 0 amide bonds. The van der Waals surface area contributed by atoms with Gasteiger partial charge >= 0.3 is 5.97 Å². The van der Waals surface area contributed by atoms with E-state index in [2.05, 4.69) is 89.0 Å². The highest BCUT2D eigenvalue weighted by Crippen LogP contribution is 2.65. The molecule has 8 rings (SSSR count). The van der Waals surface area contributed by atoms with Crippen LogP contribution < -0.4 is 9.64 Å². The molecule has 1 saturated carbocycles. The molecule has 1 aromatic heterocycles. The van der Waals surface area contributed by atoms with E-state index in [1.807, 2.05) is 13.1 Å². The molecular formula is C41H52N4O5. The summed E-state index contributed by atoms with van der Waals surface area (Å²) in [5.74, 6) is 0.269. The summed E-state index contributed by atoms with van der Waals surface area (Å²) in [7, 11) is 5.20. The van der Waals surface area contributed by atoms with E-state index in [0.29, 0.717) is 25.1 Å². The van der Waals surface area contributed by atoms with Crippen molar-refractivity contribution in [1.29, 1.82) is 0 Å². The maximum Gasteiger partial charge on any atom is 0.322 e. The number of likely N-dealkylation sites (N-methyl/N-ethyl adjacent to an activating group) is 2. The molecule has 9 heteroatoms. The average molecular weight is 681 g/mol. The van der Waals surface area contributed by atoms with Gasteiger partial charge in [0.2, 0.25) is 0 Å². The van der Waals surface area contributed by atoms with Crippen LogP contribution in [0.2, 0.25) is 0 Å². The molecule has 7 atom stereocenters. The van der Waals surface area contributed by atoms with Gasteiger partial charge in [0.25, 0.3) is 0 Å². The number of fused-ring (bicyclic) bond motifs is 4. The van der Waals surface area contributed by atoms with Gasteiger partial charge in [-0.2, -0.15) is 0 Å². The Kier molecular flexibility index (Phi) is 8.02. The molecule has 3 aromatic rings. The summed E-state index contributed by atoms with van der Waals surface area (Å²) < 4.78 is 12.2. The van der Waals surface area contributed by atoms with E-state index in [1.54, 1.807) is 7.11 Å². The number of carbonyl (C=O) groups is 1. The number of methoxy groups -OCH3 is 2. The smallest absolute Gasteiger partial charge is 0.322 e. The van der Waals surface area contributed by atoms with E-state index in [0.717, 1.165) is 78.0 Å². The number of anilines is 1. The van der Waals surface area contributed by atoms with E-state index in [9.17, 15) is 15.0 Å². The molecule has 50 heavy (non-hydrogen) atoms. The number of aliphatic hydroxyl groups is 2. The SMILES string of the molecule is CC/C1=C/C[C@](C(=O)OC)(c2cc3c(cc2OC)N(C)C2C(O)C(O)[C@]4(CC)C=CCN5CCC32C54)c2[nH]c3ccccc3c2CN(CC)C1. The third-order valence-corrected chi connectivity index (χ3v) is 13.5. The minimum atomic E-state index is -1.25. The number of hydrogen-bond donors (Lipinski definition) is 3. The standard InChI is InChI=1S/C41H52N4O5/c1-7-25-15-17-40(38(48)50-6,34-27(24-44(9-3)23-25)26-13-10-11-14-30(26)42-34)29-21-28-31(22-32(29)49-5)43(4)35-33(46)36(47)39(8-2)16-12-19-45-20-18-41(28,35)37(39)45/h10-16,21-22,33,35-37,42,46-47H,7-9,17-20,23-24H2,1-6H3/b25-15-/t33?,35?,36?,37?,39-,40-,41?/m0/s1. The first-order chi connectivity index (χ1) is 24.2. The van der Waals surface area contributed by atoms with Gasteiger partial charge in [-0.25, -0.2) is 0 Å². The summed E-state index contributed by atoms with van der Waals surface area (Å²) in [6.07, 6.45) is 7.58. The second-order valence-electron chi connectivity index (χ2n) is 15.3. The molecule has 4 aliphatic heterocycles. The van der Waals surface area contributed by atoms with Gasteiger partial charge in [0.15, 0.2) is 0 Å². The summed E-state index contributed by atoms with van der Waals surface area (Å²) in [5.41, 5.74) is 4.74. The lowest BCUT2D eigenvalue weighted by atomic mass is 9.51. The van der Waals surface area contributed by atoms with Crippen molar-refractivity contribution in [2.45, 2.75) is 88.1 Å². The van der Waals surface area contributed by atoms with Crippen molar-refractivity contribution in [1.82, 2.24) is 14.8 Å². The molecule has 0 radical (unpaired) electrons.